The van der Waals surface area contributed by atoms with Crippen molar-refractivity contribution < 1.29 is 14.6 Å². The van der Waals surface area contributed by atoms with Crippen LogP contribution in [0.2, 0.25) is 5.02 Å². The lowest BCUT2D eigenvalue weighted by Gasteiger charge is -2.27. The Bertz CT molecular complexity index is 745. The highest BCUT2D eigenvalue weighted by molar-refractivity contribution is 6.32. The minimum absolute atomic E-state index is 0.0736. The van der Waals surface area contributed by atoms with Crippen molar-refractivity contribution in [2.75, 3.05) is 7.11 Å². The Hall–Kier alpha value is -2.20. The molecule has 0 radical (unpaired) electrons. The number of hydrogen-bond donors (Lipinski definition) is 2. The van der Waals surface area contributed by atoms with Crippen molar-refractivity contribution in [3.05, 3.63) is 58.1 Å². The number of carbonyl (C=O) groups is 1. The number of nitrogens with one attached hydrogen (secondary N) is 1. The summed E-state index contributed by atoms with van der Waals surface area (Å²) in [7, 11) is 1.64. The second-order valence-corrected chi connectivity index (χ2v) is 6.03. The Morgan fingerprint density at radius 3 is 2.96 bits per heavy atom. The second kappa shape index (κ2) is 6.50. The lowest BCUT2D eigenvalue weighted by molar-refractivity contribution is 0.0930. The molecule has 0 saturated carbocycles. The zero-order valence-corrected chi connectivity index (χ0v) is 13.6. The topological polar surface area (TPSA) is 58.6 Å². The van der Waals surface area contributed by atoms with Crippen LogP contribution in [-0.4, -0.2) is 18.1 Å². The van der Waals surface area contributed by atoms with Crippen molar-refractivity contribution in [2.24, 2.45) is 0 Å². The average Bonchev–Trinajstić information content (AvgIpc) is 2.57. The Labute approximate surface area is 140 Å². The molecule has 23 heavy (non-hydrogen) atoms. The van der Waals surface area contributed by atoms with Crippen LogP contribution in [0.15, 0.2) is 36.4 Å². The van der Waals surface area contributed by atoms with E-state index in [1.807, 2.05) is 18.2 Å². The summed E-state index contributed by atoms with van der Waals surface area (Å²) in [6, 6.07) is 10.6. The van der Waals surface area contributed by atoms with Crippen LogP contribution >= 0.6 is 11.6 Å². The molecule has 1 atom stereocenters. The van der Waals surface area contributed by atoms with E-state index in [0.29, 0.717) is 0 Å². The maximum atomic E-state index is 12.5. The van der Waals surface area contributed by atoms with E-state index >= 15 is 0 Å². The molecule has 3 rings (SSSR count). The van der Waals surface area contributed by atoms with Gasteiger partial charge < -0.3 is 15.2 Å². The summed E-state index contributed by atoms with van der Waals surface area (Å²) in [6.07, 6.45) is 2.83. The minimum atomic E-state index is -0.321. The van der Waals surface area contributed by atoms with Gasteiger partial charge in [0.15, 0.2) is 0 Å². The Morgan fingerprint density at radius 2 is 2.17 bits per heavy atom. The Balaban J connectivity index is 1.84. The van der Waals surface area contributed by atoms with Gasteiger partial charge in [0.2, 0.25) is 0 Å². The summed E-state index contributed by atoms with van der Waals surface area (Å²) in [5.41, 5.74) is 2.49. The van der Waals surface area contributed by atoms with Crippen LogP contribution < -0.4 is 10.1 Å². The number of benzene rings is 2. The van der Waals surface area contributed by atoms with Crippen LogP contribution in [0.5, 0.6) is 11.5 Å². The first-order chi connectivity index (χ1) is 11.1. The highest BCUT2D eigenvalue weighted by atomic mass is 35.5. The van der Waals surface area contributed by atoms with Gasteiger partial charge >= 0.3 is 0 Å². The second-order valence-electron chi connectivity index (χ2n) is 5.62. The molecular weight excluding hydrogens is 314 g/mol. The number of phenolic OH excluding ortho intramolecular Hbond substituents is 1. The van der Waals surface area contributed by atoms with Crippen molar-refractivity contribution in [1.29, 1.82) is 0 Å². The summed E-state index contributed by atoms with van der Waals surface area (Å²) in [5.74, 6) is 0.319. The van der Waals surface area contributed by atoms with Gasteiger partial charge in [0, 0.05) is 0 Å². The minimum Gasteiger partial charge on any atom is -0.506 e. The highest BCUT2D eigenvalue weighted by Crippen LogP contribution is 2.33. The maximum absolute atomic E-state index is 12.5. The van der Waals surface area contributed by atoms with Crippen molar-refractivity contribution in [3.63, 3.8) is 0 Å². The summed E-state index contributed by atoms with van der Waals surface area (Å²) in [6.45, 7) is 0. The third kappa shape index (κ3) is 3.13. The fraction of sp³-hybridized carbons (Fsp3) is 0.278. The molecule has 0 aliphatic heterocycles. The molecule has 0 unspecified atom stereocenters. The molecule has 4 nitrogen and oxygen atoms in total. The summed E-state index contributed by atoms with van der Waals surface area (Å²) >= 11 is 5.87. The average molecular weight is 332 g/mol. The van der Waals surface area contributed by atoms with E-state index in [9.17, 15) is 9.90 Å². The molecule has 2 aromatic carbocycles. The predicted octanol–water partition coefficient (Wildman–Crippen LogP) is 3.86. The van der Waals surface area contributed by atoms with Gasteiger partial charge in [-0.2, -0.15) is 0 Å². The van der Waals surface area contributed by atoms with Crippen LogP contribution in [0.3, 0.4) is 0 Å². The normalized spacial score (nSPS) is 16.5. The monoisotopic (exact) mass is 331 g/mol. The number of halogens is 1. The van der Waals surface area contributed by atoms with Crippen LogP contribution in [-0.2, 0) is 6.42 Å². The van der Waals surface area contributed by atoms with Crippen LogP contribution in [0, 0.1) is 0 Å². The van der Waals surface area contributed by atoms with E-state index in [1.54, 1.807) is 25.3 Å². The molecule has 0 saturated heterocycles. The number of ether oxygens (including phenoxy) is 1. The molecule has 0 spiro atoms. The zero-order valence-electron chi connectivity index (χ0n) is 12.8. The van der Waals surface area contributed by atoms with Gasteiger partial charge in [-0.25, -0.2) is 0 Å². The lowest BCUT2D eigenvalue weighted by atomic mass is 9.87. The number of fused-ring (bicyclic) bond motifs is 1. The first-order valence-electron chi connectivity index (χ1n) is 7.55. The molecule has 5 heteroatoms. The first-order valence-corrected chi connectivity index (χ1v) is 7.93. The third-order valence-electron chi connectivity index (χ3n) is 4.20. The van der Waals surface area contributed by atoms with Crippen molar-refractivity contribution in [2.45, 2.75) is 25.3 Å². The molecule has 120 valence electrons. The van der Waals surface area contributed by atoms with Gasteiger partial charge in [0.05, 0.1) is 23.7 Å². The molecular formula is C18H18ClNO3. The van der Waals surface area contributed by atoms with E-state index < -0.39 is 0 Å². The summed E-state index contributed by atoms with van der Waals surface area (Å²) in [5, 5.41) is 13.1. The van der Waals surface area contributed by atoms with Gasteiger partial charge in [-0.05, 0) is 54.7 Å². The third-order valence-corrected chi connectivity index (χ3v) is 4.51. The number of hydrogen-bond acceptors (Lipinski definition) is 3. The van der Waals surface area contributed by atoms with E-state index in [2.05, 4.69) is 5.32 Å². The van der Waals surface area contributed by atoms with E-state index in [-0.39, 0.29) is 28.3 Å². The van der Waals surface area contributed by atoms with Gasteiger partial charge in [0.1, 0.15) is 11.5 Å². The van der Waals surface area contributed by atoms with E-state index in [1.165, 1.54) is 5.56 Å². The van der Waals surface area contributed by atoms with Crippen LogP contribution in [0.25, 0.3) is 0 Å². The standard InChI is InChI=1S/C18H18ClNO3/c1-23-12-8-9-13-11(10-12)4-2-7-16(13)20-18(22)14-5-3-6-15(19)17(14)21/h3,5-6,8-10,16,21H,2,4,7H2,1H3,(H,20,22)/t16-/m1/s1. The van der Waals surface area contributed by atoms with E-state index in [0.717, 1.165) is 30.6 Å². The number of methoxy groups -OCH3 is 1. The molecule has 1 amide bonds. The predicted molar refractivity (Wildman–Crippen MR) is 89.3 cm³/mol. The summed E-state index contributed by atoms with van der Waals surface area (Å²) < 4.78 is 5.26. The molecule has 0 heterocycles. The van der Waals surface area contributed by atoms with Gasteiger partial charge in [-0.15, -0.1) is 0 Å². The van der Waals surface area contributed by atoms with Crippen molar-refractivity contribution in [3.8, 4) is 11.5 Å². The van der Waals surface area contributed by atoms with Crippen LogP contribution in [0.1, 0.15) is 40.4 Å². The largest absolute Gasteiger partial charge is 0.506 e. The van der Waals surface area contributed by atoms with Crippen molar-refractivity contribution >= 4 is 17.5 Å². The van der Waals surface area contributed by atoms with Gasteiger partial charge in [-0.1, -0.05) is 23.7 Å². The fourth-order valence-electron chi connectivity index (χ4n) is 3.00. The molecule has 0 fully saturated rings. The molecule has 0 aromatic heterocycles. The summed E-state index contributed by atoms with van der Waals surface area (Å²) in [4.78, 5) is 12.5. The Morgan fingerprint density at radius 1 is 1.35 bits per heavy atom. The number of aryl methyl sites for hydroxylation is 1. The van der Waals surface area contributed by atoms with Gasteiger partial charge in [-0.3, -0.25) is 4.79 Å². The Kier molecular flexibility index (Phi) is 4.44. The van der Waals surface area contributed by atoms with Crippen LogP contribution in [0.4, 0.5) is 0 Å². The lowest BCUT2D eigenvalue weighted by Crippen LogP contribution is -2.31. The fourth-order valence-corrected chi connectivity index (χ4v) is 3.18. The molecule has 2 N–H and O–H groups in total. The quantitative estimate of drug-likeness (QED) is 0.897. The maximum Gasteiger partial charge on any atom is 0.255 e. The zero-order chi connectivity index (χ0) is 16.4. The SMILES string of the molecule is COc1ccc2c(c1)CCC[C@H]2NC(=O)c1cccc(Cl)c1O. The number of para-hydroxylation sites is 1. The van der Waals surface area contributed by atoms with Crippen molar-refractivity contribution in [1.82, 2.24) is 5.32 Å². The number of carbonyl (C=O) groups excluding carboxylic acids is 1. The molecule has 2 aromatic rings. The first kappa shape index (κ1) is 15.7. The van der Waals surface area contributed by atoms with E-state index in [4.69, 9.17) is 16.3 Å². The smallest absolute Gasteiger partial charge is 0.255 e. The molecule has 1 aliphatic rings. The number of amides is 1. The molecule has 0 bridgehead atoms. The number of rotatable bonds is 3. The van der Waals surface area contributed by atoms with Gasteiger partial charge in [0.25, 0.3) is 5.91 Å². The molecule has 1 aliphatic carbocycles. The highest BCUT2D eigenvalue weighted by Gasteiger charge is 2.24. The number of aromatic hydroxyl groups is 1. The number of phenols is 1.